The van der Waals surface area contributed by atoms with Crippen molar-refractivity contribution in [3.05, 3.63) is 23.9 Å². The van der Waals surface area contributed by atoms with Gasteiger partial charge in [-0.1, -0.05) is 0 Å². The van der Waals surface area contributed by atoms with Crippen LogP contribution >= 0.6 is 0 Å². The summed E-state index contributed by atoms with van der Waals surface area (Å²) in [5, 5.41) is 8.75. The van der Waals surface area contributed by atoms with Crippen LogP contribution in [0.2, 0.25) is 0 Å². The van der Waals surface area contributed by atoms with Crippen molar-refractivity contribution in [1.29, 1.82) is 0 Å². The molecule has 3 N–H and O–H groups in total. The minimum atomic E-state index is 0.0344. The number of aliphatic hydroxyl groups is 1. The lowest BCUT2D eigenvalue weighted by molar-refractivity contribution is 0.0158. The van der Waals surface area contributed by atoms with Crippen molar-refractivity contribution >= 4 is 5.82 Å². The Morgan fingerprint density at radius 1 is 1.53 bits per heavy atom. The third-order valence-corrected chi connectivity index (χ3v) is 3.51. The highest BCUT2D eigenvalue weighted by Crippen LogP contribution is 2.21. The van der Waals surface area contributed by atoms with Crippen LogP contribution in [0.3, 0.4) is 0 Å². The molecule has 0 amide bonds. The summed E-state index contributed by atoms with van der Waals surface area (Å²) < 4.78 is 5.56. The molecular weight excluding hydrogens is 242 g/mol. The maximum absolute atomic E-state index is 8.75. The number of rotatable bonds is 5. The highest BCUT2D eigenvalue weighted by atomic mass is 16.5. The number of aromatic nitrogens is 1. The molecule has 1 aliphatic rings. The monoisotopic (exact) mass is 265 g/mol. The molecule has 2 heterocycles. The van der Waals surface area contributed by atoms with Crippen LogP contribution in [0.5, 0.6) is 0 Å². The van der Waals surface area contributed by atoms with Crippen molar-refractivity contribution in [3.63, 3.8) is 0 Å². The van der Waals surface area contributed by atoms with Crippen LogP contribution in [0.15, 0.2) is 18.3 Å². The van der Waals surface area contributed by atoms with Crippen molar-refractivity contribution in [2.45, 2.75) is 31.9 Å². The van der Waals surface area contributed by atoms with Gasteiger partial charge in [0.05, 0.1) is 19.3 Å². The van der Waals surface area contributed by atoms with Gasteiger partial charge in [0.1, 0.15) is 5.82 Å². The maximum Gasteiger partial charge on any atom is 0.128 e. The second-order valence-corrected chi connectivity index (χ2v) is 5.02. The van der Waals surface area contributed by atoms with E-state index in [2.05, 4.69) is 16.0 Å². The Bertz CT molecular complexity index is 390. The summed E-state index contributed by atoms with van der Waals surface area (Å²) in [6.45, 7) is 4.38. The van der Waals surface area contributed by atoms with E-state index in [1.165, 1.54) is 0 Å². The molecule has 19 heavy (non-hydrogen) atoms. The summed E-state index contributed by atoms with van der Waals surface area (Å²) in [7, 11) is 0. The first kappa shape index (κ1) is 14.2. The van der Waals surface area contributed by atoms with Crippen LogP contribution in [0.25, 0.3) is 0 Å². The molecule has 0 aromatic carbocycles. The first-order valence-electron chi connectivity index (χ1n) is 6.89. The number of aliphatic hydroxyl groups excluding tert-OH is 1. The molecule has 0 bridgehead atoms. The van der Waals surface area contributed by atoms with Gasteiger partial charge < -0.3 is 20.5 Å². The normalized spacial score (nSPS) is 18.6. The zero-order valence-corrected chi connectivity index (χ0v) is 11.5. The van der Waals surface area contributed by atoms with E-state index in [0.29, 0.717) is 6.61 Å². The van der Waals surface area contributed by atoms with Gasteiger partial charge in [0.15, 0.2) is 0 Å². The van der Waals surface area contributed by atoms with Crippen molar-refractivity contribution in [3.8, 4) is 0 Å². The van der Waals surface area contributed by atoms with Gasteiger partial charge in [-0.3, -0.25) is 0 Å². The smallest absolute Gasteiger partial charge is 0.128 e. The number of hydrogen-bond donors (Lipinski definition) is 2. The van der Waals surface area contributed by atoms with Gasteiger partial charge >= 0.3 is 0 Å². The molecule has 1 fully saturated rings. The van der Waals surface area contributed by atoms with Crippen LogP contribution in [-0.2, 0) is 4.74 Å². The Morgan fingerprint density at radius 2 is 2.26 bits per heavy atom. The fourth-order valence-corrected chi connectivity index (χ4v) is 2.36. The van der Waals surface area contributed by atoms with Crippen LogP contribution in [0.1, 0.15) is 31.4 Å². The Balaban J connectivity index is 1.92. The minimum Gasteiger partial charge on any atom is -0.394 e. The largest absolute Gasteiger partial charge is 0.394 e. The standard InChI is InChI=1S/C14H23N3O2/c1-11(15)12-2-5-16-14(10-12)17-6-3-13(4-7-17)19-9-8-18/h2,5,10-11,13,18H,3-4,6-9,15H2,1H3. The van der Waals surface area contributed by atoms with Crippen molar-refractivity contribution in [2.24, 2.45) is 5.73 Å². The highest BCUT2D eigenvalue weighted by molar-refractivity contribution is 5.42. The van der Waals surface area contributed by atoms with E-state index < -0.39 is 0 Å². The highest BCUT2D eigenvalue weighted by Gasteiger charge is 2.20. The summed E-state index contributed by atoms with van der Waals surface area (Å²) in [5.74, 6) is 0.996. The third kappa shape index (κ3) is 3.89. The lowest BCUT2D eigenvalue weighted by atomic mass is 10.1. The molecule has 1 aromatic heterocycles. The lowest BCUT2D eigenvalue weighted by Gasteiger charge is -2.32. The van der Waals surface area contributed by atoms with E-state index in [4.69, 9.17) is 15.6 Å². The van der Waals surface area contributed by atoms with E-state index in [1.807, 2.05) is 19.2 Å². The van der Waals surface area contributed by atoms with Gasteiger partial charge in [-0.05, 0) is 37.5 Å². The molecule has 1 atom stereocenters. The molecule has 1 aromatic rings. The summed E-state index contributed by atoms with van der Waals surface area (Å²) in [4.78, 5) is 6.69. The Hall–Kier alpha value is -1.17. The second kappa shape index (κ2) is 6.84. The molecule has 0 spiro atoms. The van der Waals surface area contributed by atoms with Gasteiger partial charge in [-0.25, -0.2) is 4.98 Å². The molecule has 0 aliphatic carbocycles. The number of nitrogens with zero attached hydrogens (tertiary/aromatic N) is 2. The summed E-state index contributed by atoms with van der Waals surface area (Å²) in [6, 6.07) is 4.07. The molecule has 5 heteroatoms. The minimum absolute atomic E-state index is 0.0344. The van der Waals surface area contributed by atoms with Gasteiger partial charge in [0, 0.05) is 25.3 Å². The molecule has 0 radical (unpaired) electrons. The van der Waals surface area contributed by atoms with Crippen molar-refractivity contribution in [1.82, 2.24) is 4.98 Å². The average molecular weight is 265 g/mol. The fourth-order valence-electron chi connectivity index (χ4n) is 2.36. The van der Waals surface area contributed by atoms with Crippen LogP contribution in [0, 0.1) is 0 Å². The van der Waals surface area contributed by atoms with Crippen molar-refractivity contribution < 1.29 is 9.84 Å². The first-order valence-corrected chi connectivity index (χ1v) is 6.89. The predicted molar refractivity (Wildman–Crippen MR) is 75.1 cm³/mol. The summed E-state index contributed by atoms with van der Waals surface area (Å²) in [5.41, 5.74) is 7.01. The van der Waals surface area contributed by atoms with Gasteiger partial charge in [0.2, 0.25) is 0 Å². The molecule has 1 aliphatic heterocycles. The fraction of sp³-hybridized carbons (Fsp3) is 0.643. The Labute approximate surface area is 114 Å². The van der Waals surface area contributed by atoms with Gasteiger partial charge in [-0.15, -0.1) is 0 Å². The topological polar surface area (TPSA) is 71.6 Å². The van der Waals surface area contributed by atoms with Crippen LogP contribution < -0.4 is 10.6 Å². The Morgan fingerprint density at radius 3 is 2.89 bits per heavy atom. The second-order valence-electron chi connectivity index (χ2n) is 5.02. The molecule has 0 saturated carbocycles. The molecule has 2 rings (SSSR count). The number of anilines is 1. The van der Waals surface area contributed by atoms with E-state index >= 15 is 0 Å². The zero-order valence-electron chi connectivity index (χ0n) is 11.5. The quantitative estimate of drug-likeness (QED) is 0.833. The predicted octanol–water partition coefficient (Wildman–Crippen LogP) is 1.08. The zero-order chi connectivity index (χ0) is 13.7. The summed E-state index contributed by atoms with van der Waals surface area (Å²) in [6.07, 6.45) is 4.04. The number of pyridine rings is 1. The first-order chi connectivity index (χ1) is 9.20. The van der Waals surface area contributed by atoms with E-state index in [9.17, 15) is 0 Å². The number of hydrogen-bond acceptors (Lipinski definition) is 5. The van der Waals surface area contributed by atoms with Gasteiger partial charge in [0.25, 0.3) is 0 Å². The number of piperidine rings is 1. The Kier molecular flexibility index (Phi) is 5.13. The number of nitrogens with two attached hydrogens (primary N) is 1. The van der Waals surface area contributed by atoms with Gasteiger partial charge in [-0.2, -0.15) is 0 Å². The molecule has 5 nitrogen and oxygen atoms in total. The molecule has 1 unspecified atom stereocenters. The van der Waals surface area contributed by atoms with E-state index in [0.717, 1.165) is 37.3 Å². The molecular formula is C14H23N3O2. The summed E-state index contributed by atoms with van der Waals surface area (Å²) >= 11 is 0. The SMILES string of the molecule is CC(N)c1ccnc(N2CCC(OCCO)CC2)c1. The van der Waals surface area contributed by atoms with Crippen LogP contribution in [0.4, 0.5) is 5.82 Å². The third-order valence-electron chi connectivity index (χ3n) is 3.51. The maximum atomic E-state index is 8.75. The van der Waals surface area contributed by atoms with E-state index in [1.54, 1.807) is 0 Å². The molecule has 106 valence electrons. The average Bonchev–Trinajstić information content (AvgIpc) is 2.46. The molecule has 1 saturated heterocycles. The van der Waals surface area contributed by atoms with Crippen LogP contribution in [-0.4, -0.2) is 42.5 Å². The van der Waals surface area contributed by atoms with E-state index in [-0.39, 0.29) is 18.8 Å². The lowest BCUT2D eigenvalue weighted by Crippen LogP contribution is -2.37. The van der Waals surface area contributed by atoms with Crippen molar-refractivity contribution in [2.75, 3.05) is 31.2 Å². The number of ether oxygens (including phenoxy) is 1.